The van der Waals surface area contributed by atoms with Gasteiger partial charge in [0, 0.05) is 19.2 Å². The fourth-order valence-electron chi connectivity index (χ4n) is 3.16. The van der Waals surface area contributed by atoms with Crippen LogP contribution in [-0.2, 0) is 4.74 Å². The van der Waals surface area contributed by atoms with E-state index in [2.05, 4.69) is 24.1 Å². The van der Waals surface area contributed by atoms with E-state index in [0.29, 0.717) is 6.10 Å². The summed E-state index contributed by atoms with van der Waals surface area (Å²) in [5.74, 6) is 0.870. The van der Waals surface area contributed by atoms with Gasteiger partial charge >= 0.3 is 0 Å². The van der Waals surface area contributed by atoms with E-state index in [4.69, 9.17) is 4.74 Å². The Morgan fingerprint density at radius 3 is 2.71 bits per heavy atom. The number of hydrogen-bond acceptors (Lipinski definition) is 3. The second-order valence-corrected chi connectivity index (χ2v) is 5.50. The molecule has 1 saturated heterocycles. The van der Waals surface area contributed by atoms with Gasteiger partial charge in [0.05, 0.1) is 6.10 Å². The van der Waals surface area contributed by atoms with Crippen LogP contribution in [0.3, 0.4) is 0 Å². The molecule has 1 aliphatic heterocycles. The molecule has 0 bridgehead atoms. The molecule has 1 atom stereocenters. The van der Waals surface area contributed by atoms with E-state index in [1.807, 2.05) is 0 Å². The number of nitrogens with zero attached hydrogens (tertiary/aromatic N) is 1. The third kappa shape index (κ3) is 3.67. The fourth-order valence-corrected chi connectivity index (χ4v) is 3.16. The van der Waals surface area contributed by atoms with Crippen molar-refractivity contribution in [1.82, 2.24) is 10.2 Å². The van der Waals surface area contributed by atoms with Gasteiger partial charge in [-0.05, 0) is 58.2 Å². The predicted molar refractivity (Wildman–Crippen MR) is 71.3 cm³/mol. The maximum atomic E-state index is 5.65. The van der Waals surface area contributed by atoms with Crippen LogP contribution in [0.1, 0.15) is 39.5 Å². The minimum atomic E-state index is 0.545. The minimum absolute atomic E-state index is 0.545. The van der Waals surface area contributed by atoms with Crippen LogP contribution in [0.4, 0.5) is 0 Å². The lowest BCUT2D eigenvalue weighted by molar-refractivity contribution is -0.0489. The van der Waals surface area contributed by atoms with Gasteiger partial charge in [0.15, 0.2) is 0 Å². The number of hydrogen-bond donors (Lipinski definition) is 1. The second-order valence-electron chi connectivity index (χ2n) is 5.50. The van der Waals surface area contributed by atoms with Crippen LogP contribution < -0.4 is 5.32 Å². The van der Waals surface area contributed by atoms with Crippen LogP contribution in [0.25, 0.3) is 0 Å². The van der Waals surface area contributed by atoms with E-state index in [1.54, 1.807) is 0 Å². The minimum Gasteiger partial charge on any atom is -0.378 e. The van der Waals surface area contributed by atoms with Crippen molar-refractivity contribution in [3.8, 4) is 0 Å². The van der Waals surface area contributed by atoms with Gasteiger partial charge in [0.25, 0.3) is 0 Å². The van der Waals surface area contributed by atoms with Crippen molar-refractivity contribution in [3.05, 3.63) is 0 Å². The average molecular weight is 240 g/mol. The van der Waals surface area contributed by atoms with Crippen LogP contribution in [0.5, 0.6) is 0 Å². The van der Waals surface area contributed by atoms with Gasteiger partial charge in [0.1, 0.15) is 0 Å². The molecule has 3 heteroatoms. The molecule has 0 aromatic rings. The molecule has 3 nitrogen and oxygen atoms in total. The molecule has 0 spiro atoms. The second kappa shape index (κ2) is 6.72. The normalized spacial score (nSPS) is 33.7. The molecule has 2 fully saturated rings. The van der Waals surface area contributed by atoms with Crippen molar-refractivity contribution in [2.45, 2.75) is 51.7 Å². The Balaban J connectivity index is 1.70. The van der Waals surface area contributed by atoms with Gasteiger partial charge in [-0.25, -0.2) is 0 Å². The summed E-state index contributed by atoms with van der Waals surface area (Å²) in [6.07, 6.45) is 5.81. The first-order chi connectivity index (χ1) is 8.33. The Bertz CT molecular complexity index is 210. The predicted octanol–water partition coefficient (Wildman–Crippen LogP) is 1.88. The highest BCUT2D eigenvalue weighted by molar-refractivity contribution is 4.89. The zero-order chi connectivity index (χ0) is 12.1. The van der Waals surface area contributed by atoms with E-state index >= 15 is 0 Å². The standard InChI is InChI=1S/C14H28N2O/c1-3-16(11-12-6-5-7-15-10-12)13-8-14(9-13)17-4-2/h12-15H,3-11H2,1-2H3. The third-order valence-corrected chi connectivity index (χ3v) is 4.29. The zero-order valence-corrected chi connectivity index (χ0v) is 11.5. The number of nitrogens with one attached hydrogen (secondary N) is 1. The Morgan fingerprint density at radius 2 is 2.12 bits per heavy atom. The molecule has 1 unspecified atom stereocenters. The zero-order valence-electron chi connectivity index (χ0n) is 11.5. The van der Waals surface area contributed by atoms with Crippen LogP contribution in [0.2, 0.25) is 0 Å². The number of rotatable bonds is 6. The fraction of sp³-hybridized carbons (Fsp3) is 1.00. The van der Waals surface area contributed by atoms with Crippen LogP contribution in [0, 0.1) is 5.92 Å². The summed E-state index contributed by atoms with van der Waals surface area (Å²) in [7, 11) is 0. The van der Waals surface area contributed by atoms with Crippen molar-refractivity contribution >= 4 is 0 Å². The van der Waals surface area contributed by atoms with Crippen LogP contribution in [-0.4, -0.2) is 49.8 Å². The summed E-state index contributed by atoms with van der Waals surface area (Å²) in [6.45, 7) is 10.2. The molecule has 1 aliphatic carbocycles. The maximum absolute atomic E-state index is 5.65. The summed E-state index contributed by atoms with van der Waals surface area (Å²) >= 11 is 0. The van der Waals surface area contributed by atoms with Gasteiger partial charge in [-0.1, -0.05) is 6.92 Å². The molecule has 0 amide bonds. The van der Waals surface area contributed by atoms with Gasteiger partial charge < -0.3 is 15.0 Å². The average Bonchev–Trinajstić information content (AvgIpc) is 2.32. The first-order valence-corrected chi connectivity index (χ1v) is 7.39. The summed E-state index contributed by atoms with van der Waals surface area (Å²) in [5.41, 5.74) is 0. The molecule has 0 radical (unpaired) electrons. The smallest absolute Gasteiger partial charge is 0.0604 e. The molecule has 0 aromatic carbocycles. The first-order valence-electron chi connectivity index (χ1n) is 7.39. The first kappa shape index (κ1) is 13.3. The van der Waals surface area contributed by atoms with Gasteiger partial charge in [0.2, 0.25) is 0 Å². The summed E-state index contributed by atoms with van der Waals surface area (Å²) < 4.78 is 5.65. The summed E-state index contributed by atoms with van der Waals surface area (Å²) in [4.78, 5) is 2.67. The van der Waals surface area contributed by atoms with Crippen molar-refractivity contribution < 1.29 is 4.74 Å². The maximum Gasteiger partial charge on any atom is 0.0604 e. The van der Waals surface area contributed by atoms with Gasteiger partial charge in [-0.3, -0.25) is 0 Å². The van der Waals surface area contributed by atoms with Crippen molar-refractivity contribution in [2.24, 2.45) is 5.92 Å². The molecule has 1 saturated carbocycles. The highest BCUT2D eigenvalue weighted by Gasteiger charge is 2.34. The van der Waals surface area contributed by atoms with Crippen molar-refractivity contribution in [2.75, 3.05) is 32.8 Å². The molecule has 1 heterocycles. The Labute approximate surface area is 106 Å². The lowest BCUT2D eigenvalue weighted by Gasteiger charge is -2.44. The molecular formula is C14H28N2O. The molecule has 17 heavy (non-hydrogen) atoms. The summed E-state index contributed by atoms with van der Waals surface area (Å²) in [5, 5.41) is 3.52. The van der Waals surface area contributed by atoms with E-state index in [1.165, 1.54) is 51.9 Å². The largest absolute Gasteiger partial charge is 0.378 e. The van der Waals surface area contributed by atoms with Gasteiger partial charge in [-0.15, -0.1) is 0 Å². The molecule has 1 N–H and O–H groups in total. The van der Waals surface area contributed by atoms with E-state index in [0.717, 1.165) is 18.6 Å². The van der Waals surface area contributed by atoms with Gasteiger partial charge in [-0.2, -0.15) is 0 Å². The van der Waals surface area contributed by atoms with E-state index in [-0.39, 0.29) is 0 Å². The van der Waals surface area contributed by atoms with Crippen molar-refractivity contribution in [1.29, 1.82) is 0 Å². The lowest BCUT2D eigenvalue weighted by atomic mass is 9.86. The molecule has 0 aromatic heterocycles. The number of ether oxygens (including phenoxy) is 1. The third-order valence-electron chi connectivity index (χ3n) is 4.29. The topological polar surface area (TPSA) is 24.5 Å². The monoisotopic (exact) mass is 240 g/mol. The Kier molecular flexibility index (Phi) is 5.26. The van der Waals surface area contributed by atoms with E-state index < -0.39 is 0 Å². The Hall–Kier alpha value is -0.120. The van der Waals surface area contributed by atoms with E-state index in [9.17, 15) is 0 Å². The highest BCUT2D eigenvalue weighted by atomic mass is 16.5. The molecule has 100 valence electrons. The molecule has 2 rings (SSSR count). The lowest BCUT2D eigenvalue weighted by Crippen LogP contribution is -2.50. The number of piperidine rings is 1. The quantitative estimate of drug-likeness (QED) is 0.767. The van der Waals surface area contributed by atoms with Crippen molar-refractivity contribution in [3.63, 3.8) is 0 Å². The van der Waals surface area contributed by atoms with Crippen LogP contribution >= 0.6 is 0 Å². The Morgan fingerprint density at radius 1 is 1.29 bits per heavy atom. The SMILES string of the molecule is CCOC1CC(N(CC)CC2CCCNC2)C1. The highest BCUT2D eigenvalue weighted by Crippen LogP contribution is 2.29. The molecule has 2 aliphatic rings. The van der Waals surface area contributed by atoms with Crippen LogP contribution in [0.15, 0.2) is 0 Å². The summed E-state index contributed by atoms with van der Waals surface area (Å²) in [6, 6.07) is 0.790. The molecular weight excluding hydrogens is 212 g/mol.